The van der Waals surface area contributed by atoms with Gasteiger partial charge in [0.1, 0.15) is 5.75 Å². The van der Waals surface area contributed by atoms with Crippen LogP contribution in [-0.2, 0) is 17.7 Å². The van der Waals surface area contributed by atoms with Gasteiger partial charge in [-0.1, -0.05) is 0 Å². The molecule has 0 atom stereocenters. The third-order valence-corrected chi connectivity index (χ3v) is 5.24. The molecule has 4 rings (SSSR count). The Kier molecular flexibility index (Phi) is 4.84. The van der Waals surface area contributed by atoms with Gasteiger partial charge in [0.2, 0.25) is 0 Å². The zero-order chi connectivity index (χ0) is 18.1. The number of rotatable bonds is 4. The van der Waals surface area contributed by atoms with E-state index in [0.717, 1.165) is 85.7 Å². The Bertz CT molecular complexity index is 858. The molecule has 140 valence electrons. The summed E-state index contributed by atoms with van der Waals surface area (Å²) in [5, 5.41) is 8.87. The van der Waals surface area contributed by atoms with Crippen molar-refractivity contribution in [3.63, 3.8) is 0 Å². The zero-order valence-corrected chi connectivity index (χ0v) is 15.4. The topological polar surface area (TPSA) is 69.8 Å². The number of ether oxygens (including phenoxy) is 2. The van der Waals surface area contributed by atoms with Gasteiger partial charge in [-0.2, -0.15) is 0 Å². The van der Waals surface area contributed by atoms with Crippen molar-refractivity contribution in [1.82, 2.24) is 15.0 Å². The standard InChI is InChI=1S/C19H26N4O3/c1-22(23-6-8-26-9-7-23)12-13-10-15-17(16(11-13)25-2)18-14(19(24)21-15)4-3-5-20-18/h10-11,20H,3-9,12H2,1-2H3,(H,21,24). The molecule has 7 nitrogen and oxygen atoms in total. The van der Waals surface area contributed by atoms with Crippen LogP contribution in [0.25, 0.3) is 10.9 Å². The lowest BCUT2D eigenvalue weighted by Crippen LogP contribution is -2.46. The van der Waals surface area contributed by atoms with Gasteiger partial charge < -0.3 is 19.8 Å². The summed E-state index contributed by atoms with van der Waals surface area (Å²) in [6, 6.07) is 4.14. The molecule has 0 radical (unpaired) electrons. The highest BCUT2D eigenvalue weighted by Gasteiger charge is 2.21. The van der Waals surface area contributed by atoms with Crippen LogP contribution in [0.5, 0.6) is 5.75 Å². The highest BCUT2D eigenvalue weighted by Crippen LogP contribution is 2.35. The fraction of sp³-hybridized carbons (Fsp3) is 0.526. The second kappa shape index (κ2) is 7.26. The molecule has 7 heteroatoms. The molecule has 0 unspecified atom stereocenters. The minimum Gasteiger partial charge on any atom is -0.496 e. The van der Waals surface area contributed by atoms with Crippen molar-refractivity contribution < 1.29 is 9.47 Å². The number of hydrazine groups is 1. The Morgan fingerprint density at radius 1 is 1.31 bits per heavy atom. The number of H-pyrrole nitrogens is 1. The number of aromatic amines is 1. The summed E-state index contributed by atoms with van der Waals surface area (Å²) in [6.45, 7) is 4.95. The molecule has 26 heavy (non-hydrogen) atoms. The molecule has 2 aliphatic heterocycles. The van der Waals surface area contributed by atoms with Crippen molar-refractivity contribution >= 4 is 16.6 Å². The predicted octanol–water partition coefficient (Wildman–Crippen LogP) is 1.57. The molecule has 1 aromatic carbocycles. The van der Waals surface area contributed by atoms with Crippen LogP contribution < -0.4 is 15.6 Å². The van der Waals surface area contributed by atoms with Gasteiger partial charge in [0.15, 0.2) is 0 Å². The van der Waals surface area contributed by atoms with Crippen LogP contribution >= 0.6 is 0 Å². The van der Waals surface area contributed by atoms with Crippen LogP contribution in [0.2, 0.25) is 0 Å². The van der Waals surface area contributed by atoms with E-state index in [1.54, 1.807) is 7.11 Å². The Morgan fingerprint density at radius 2 is 2.12 bits per heavy atom. The summed E-state index contributed by atoms with van der Waals surface area (Å²) in [5.41, 5.74) is 3.70. The average Bonchev–Trinajstić information content (AvgIpc) is 2.68. The Balaban J connectivity index is 1.72. The first-order valence-electron chi connectivity index (χ1n) is 9.21. The number of nitrogens with one attached hydrogen (secondary N) is 2. The molecule has 0 saturated carbocycles. The smallest absolute Gasteiger partial charge is 0.253 e. The SMILES string of the molecule is COc1cc(CN(C)N2CCOCC2)cc2[nH]c(=O)c3c(c12)NCCC3. The van der Waals surface area contributed by atoms with E-state index >= 15 is 0 Å². The van der Waals surface area contributed by atoms with Gasteiger partial charge in [0, 0.05) is 38.8 Å². The molecular formula is C19H26N4O3. The molecule has 3 heterocycles. The molecule has 1 aromatic heterocycles. The van der Waals surface area contributed by atoms with E-state index < -0.39 is 0 Å². The first-order valence-corrected chi connectivity index (χ1v) is 9.21. The summed E-state index contributed by atoms with van der Waals surface area (Å²) in [4.78, 5) is 15.5. The number of nitrogens with zero attached hydrogens (tertiary/aromatic N) is 2. The van der Waals surface area contributed by atoms with Gasteiger partial charge in [0.25, 0.3) is 5.56 Å². The van der Waals surface area contributed by atoms with Crippen molar-refractivity contribution in [2.75, 3.05) is 52.3 Å². The summed E-state index contributed by atoms with van der Waals surface area (Å²) < 4.78 is 11.1. The number of aromatic nitrogens is 1. The predicted molar refractivity (Wildman–Crippen MR) is 102 cm³/mol. The van der Waals surface area contributed by atoms with Crippen molar-refractivity contribution in [1.29, 1.82) is 0 Å². The molecule has 0 amide bonds. The van der Waals surface area contributed by atoms with E-state index in [-0.39, 0.29) is 5.56 Å². The number of fused-ring (bicyclic) bond motifs is 3. The number of hydrogen-bond acceptors (Lipinski definition) is 6. The Hall–Kier alpha value is -2.09. The molecule has 0 aliphatic carbocycles. The van der Waals surface area contributed by atoms with Gasteiger partial charge in [-0.05, 0) is 30.5 Å². The number of anilines is 1. The van der Waals surface area contributed by atoms with Crippen molar-refractivity contribution in [2.24, 2.45) is 0 Å². The average molecular weight is 358 g/mol. The highest BCUT2D eigenvalue weighted by molar-refractivity contribution is 5.98. The van der Waals surface area contributed by atoms with Crippen LogP contribution in [0.3, 0.4) is 0 Å². The molecule has 0 spiro atoms. The maximum atomic E-state index is 12.5. The van der Waals surface area contributed by atoms with Gasteiger partial charge >= 0.3 is 0 Å². The maximum Gasteiger partial charge on any atom is 0.253 e. The van der Waals surface area contributed by atoms with Crippen molar-refractivity contribution in [3.8, 4) is 5.75 Å². The van der Waals surface area contributed by atoms with Gasteiger partial charge in [-0.15, -0.1) is 0 Å². The fourth-order valence-corrected chi connectivity index (χ4v) is 3.91. The van der Waals surface area contributed by atoms with Crippen LogP contribution in [0.15, 0.2) is 16.9 Å². The third kappa shape index (κ3) is 3.18. The lowest BCUT2D eigenvalue weighted by Gasteiger charge is -2.34. The summed E-state index contributed by atoms with van der Waals surface area (Å²) in [6.07, 6.45) is 1.78. The number of methoxy groups -OCH3 is 1. The molecule has 2 aromatic rings. The van der Waals surface area contributed by atoms with Crippen LogP contribution in [0.1, 0.15) is 17.5 Å². The summed E-state index contributed by atoms with van der Waals surface area (Å²) in [7, 11) is 3.77. The van der Waals surface area contributed by atoms with Gasteiger partial charge in [0.05, 0.1) is 36.9 Å². The van der Waals surface area contributed by atoms with E-state index in [9.17, 15) is 4.79 Å². The third-order valence-electron chi connectivity index (χ3n) is 5.24. The second-order valence-corrected chi connectivity index (χ2v) is 6.94. The van der Waals surface area contributed by atoms with E-state index in [1.807, 2.05) is 0 Å². The Morgan fingerprint density at radius 3 is 2.88 bits per heavy atom. The van der Waals surface area contributed by atoms with E-state index in [4.69, 9.17) is 9.47 Å². The first-order chi connectivity index (χ1) is 12.7. The molecule has 2 N–H and O–H groups in total. The highest BCUT2D eigenvalue weighted by atomic mass is 16.5. The zero-order valence-electron chi connectivity index (χ0n) is 15.4. The molecule has 1 saturated heterocycles. The van der Waals surface area contributed by atoms with Gasteiger partial charge in [-0.3, -0.25) is 4.79 Å². The van der Waals surface area contributed by atoms with E-state index in [0.29, 0.717) is 0 Å². The fourth-order valence-electron chi connectivity index (χ4n) is 3.91. The first kappa shape index (κ1) is 17.3. The number of pyridine rings is 1. The van der Waals surface area contributed by atoms with E-state index in [2.05, 4.69) is 39.5 Å². The number of morpholine rings is 1. The van der Waals surface area contributed by atoms with Crippen LogP contribution in [0.4, 0.5) is 5.69 Å². The largest absolute Gasteiger partial charge is 0.496 e. The molecule has 0 bridgehead atoms. The number of benzene rings is 1. The number of hydrogen-bond donors (Lipinski definition) is 2. The van der Waals surface area contributed by atoms with Gasteiger partial charge in [-0.25, -0.2) is 10.0 Å². The van der Waals surface area contributed by atoms with E-state index in [1.165, 1.54) is 0 Å². The second-order valence-electron chi connectivity index (χ2n) is 6.94. The minimum atomic E-state index is 0.000405. The van der Waals surface area contributed by atoms with Crippen molar-refractivity contribution in [2.45, 2.75) is 19.4 Å². The van der Waals surface area contributed by atoms with Crippen molar-refractivity contribution in [3.05, 3.63) is 33.6 Å². The Labute approximate surface area is 152 Å². The lowest BCUT2D eigenvalue weighted by molar-refractivity contribution is -0.0802. The monoisotopic (exact) mass is 358 g/mol. The van der Waals surface area contributed by atoms with Crippen LogP contribution in [-0.4, -0.2) is 62.0 Å². The minimum absolute atomic E-state index is 0.000405. The molecular weight excluding hydrogens is 332 g/mol. The normalized spacial score (nSPS) is 18.0. The van der Waals surface area contributed by atoms with Crippen LogP contribution in [0, 0.1) is 0 Å². The lowest BCUT2D eigenvalue weighted by atomic mass is 9.99. The molecule has 1 fully saturated rings. The summed E-state index contributed by atoms with van der Waals surface area (Å²) >= 11 is 0. The quantitative estimate of drug-likeness (QED) is 0.865. The molecule has 2 aliphatic rings. The summed E-state index contributed by atoms with van der Waals surface area (Å²) in [5.74, 6) is 0.801. The maximum absolute atomic E-state index is 12.5.